The Kier molecular flexibility index (Phi) is 3.36. The molecule has 0 aromatic heterocycles. The minimum absolute atomic E-state index is 0.0353. The molecule has 0 bridgehead atoms. The van der Waals surface area contributed by atoms with Gasteiger partial charge in [0.25, 0.3) is 0 Å². The van der Waals surface area contributed by atoms with E-state index >= 15 is 0 Å². The van der Waals surface area contributed by atoms with Crippen molar-refractivity contribution in [2.24, 2.45) is 29.1 Å². The highest BCUT2D eigenvalue weighted by Gasteiger charge is 2.47. The van der Waals surface area contributed by atoms with Crippen molar-refractivity contribution in [2.45, 2.75) is 65.9 Å². The molecule has 5 atom stereocenters. The van der Waals surface area contributed by atoms with E-state index in [0.717, 1.165) is 36.5 Å². The van der Waals surface area contributed by atoms with Crippen molar-refractivity contribution in [1.29, 1.82) is 0 Å². The van der Waals surface area contributed by atoms with Crippen molar-refractivity contribution >= 4 is 0 Å². The summed E-state index contributed by atoms with van der Waals surface area (Å²) in [5, 5.41) is 9.96. The summed E-state index contributed by atoms with van der Waals surface area (Å²) in [6.45, 7) is 9.52. The van der Waals surface area contributed by atoms with Crippen LogP contribution in [0.25, 0.3) is 0 Å². The van der Waals surface area contributed by atoms with E-state index in [0.29, 0.717) is 5.41 Å². The molecule has 2 fully saturated rings. The number of hydrogen-bond donors (Lipinski definition) is 1. The summed E-state index contributed by atoms with van der Waals surface area (Å²) < 4.78 is 0. The van der Waals surface area contributed by atoms with Gasteiger partial charge in [-0.25, -0.2) is 0 Å². The number of hydrogen-bond acceptors (Lipinski definition) is 1. The minimum Gasteiger partial charge on any atom is -0.393 e. The minimum atomic E-state index is -0.0353. The second kappa shape index (κ2) is 4.33. The fourth-order valence-electron chi connectivity index (χ4n) is 4.42. The quantitative estimate of drug-likeness (QED) is 0.717. The third-order valence-electron chi connectivity index (χ3n) is 5.51. The maximum absolute atomic E-state index is 9.96. The lowest BCUT2D eigenvalue weighted by Gasteiger charge is -2.52. The van der Waals surface area contributed by atoms with E-state index in [1.807, 2.05) is 0 Å². The van der Waals surface area contributed by atoms with Crippen LogP contribution in [0.2, 0.25) is 0 Å². The molecule has 0 aliphatic heterocycles. The van der Waals surface area contributed by atoms with E-state index in [1.165, 1.54) is 19.3 Å². The molecular formula is C15H28O. The van der Waals surface area contributed by atoms with Gasteiger partial charge in [0.05, 0.1) is 6.10 Å². The van der Waals surface area contributed by atoms with Crippen molar-refractivity contribution in [3.05, 3.63) is 0 Å². The van der Waals surface area contributed by atoms with E-state index in [4.69, 9.17) is 0 Å². The molecule has 0 aromatic carbocycles. The molecule has 1 N–H and O–H groups in total. The normalized spacial score (nSPS) is 49.1. The highest BCUT2D eigenvalue weighted by molar-refractivity contribution is 4.97. The molecule has 0 aromatic rings. The number of aliphatic hydroxyl groups excluding tert-OH is 1. The Bertz CT molecular complexity index is 248. The van der Waals surface area contributed by atoms with Crippen LogP contribution < -0.4 is 0 Å². The molecule has 1 nitrogen and oxygen atoms in total. The van der Waals surface area contributed by atoms with Crippen LogP contribution in [0.4, 0.5) is 0 Å². The average Bonchev–Trinajstić information content (AvgIpc) is 2.15. The fourth-order valence-corrected chi connectivity index (χ4v) is 4.42. The lowest BCUT2D eigenvalue weighted by molar-refractivity contribution is -0.0640. The molecule has 0 radical (unpaired) electrons. The molecule has 1 heteroatoms. The Balaban J connectivity index is 2.11. The topological polar surface area (TPSA) is 20.2 Å². The lowest BCUT2D eigenvalue weighted by atomic mass is 9.53. The molecule has 2 aliphatic carbocycles. The first-order chi connectivity index (χ1) is 7.42. The second-order valence-electron chi connectivity index (χ2n) is 7.11. The maximum Gasteiger partial charge on any atom is 0.0548 e. The van der Waals surface area contributed by atoms with Gasteiger partial charge < -0.3 is 5.11 Å². The Morgan fingerprint density at radius 2 is 1.94 bits per heavy atom. The first-order valence-corrected chi connectivity index (χ1v) is 7.10. The molecule has 94 valence electrons. The fraction of sp³-hybridized carbons (Fsp3) is 1.00. The monoisotopic (exact) mass is 224 g/mol. The Morgan fingerprint density at radius 3 is 2.56 bits per heavy atom. The average molecular weight is 224 g/mol. The molecule has 0 spiro atoms. The summed E-state index contributed by atoms with van der Waals surface area (Å²) in [7, 11) is 0. The van der Waals surface area contributed by atoms with Gasteiger partial charge in [0.1, 0.15) is 0 Å². The van der Waals surface area contributed by atoms with Crippen LogP contribution in [0.1, 0.15) is 59.8 Å². The predicted molar refractivity (Wildman–Crippen MR) is 68.2 cm³/mol. The number of rotatable bonds is 1. The van der Waals surface area contributed by atoms with Crippen molar-refractivity contribution in [3.63, 3.8) is 0 Å². The zero-order chi connectivity index (χ0) is 11.9. The van der Waals surface area contributed by atoms with Crippen LogP contribution in [-0.4, -0.2) is 11.2 Å². The molecule has 0 saturated heterocycles. The molecule has 2 aliphatic rings. The van der Waals surface area contributed by atoms with Crippen LogP contribution in [0.3, 0.4) is 0 Å². The van der Waals surface area contributed by atoms with Gasteiger partial charge in [-0.2, -0.15) is 0 Å². The smallest absolute Gasteiger partial charge is 0.0548 e. The maximum atomic E-state index is 9.96. The molecule has 16 heavy (non-hydrogen) atoms. The molecule has 1 unspecified atom stereocenters. The van der Waals surface area contributed by atoms with Crippen LogP contribution >= 0.6 is 0 Å². The SMILES string of the molecule is CC(C)[C@@H]1CC[C@@]2(C)CC(O)C[C@H](C)[C@@H]2C1. The zero-order valence-electron chi connectivity index (χ0n) is 11.4. The van der Waals surface area contributed by atoms with Gasteiger partial charge in [-0.1, -0.05) is 27.7 Å². The third-order valence-corrected chi connectivity index (χ3v) is 5.51. The van der Waals surface area contributed by atoms with Gasteiger partial charge in [-0.3, -0.25) is 0 Å². The summed E-state index contributed by atoms with van der Waals surface area (Å²) in [4.78, 5) is 0. The van der Waals surface area contributed by atoms with E-state index in [-0.39, 0.29) is 6.10 Å². The van der Waals surface area contributed by atoms with Crippen molar-refractivity contribution in [1.82, 2.24) is 0 Å². The summed E-state index contributed by atoms with van der Waals surface area (Å²) >= 11 is 0. The first-order valence-electron chi connectivity index (χ1n) is 7.10. The molecule has 0 amide bonds. The lowest BCUT2D eigenvalue weighted by Crippen LogP contribution is -2.46. The highest BCUT2D eigenvalue weighted by atomic mass is 16.3. The molecule has 2 rings (SSSR count). The first kappa shape index (κ1) is 12.4. The van der Waals surface area contributed by atoms with Gasteiger partial charge in [0, 0.05) is 0 Å². The Hall–Kier alpha value is -0.0400. The Morgan fingerprint density at radius 1 is 1.25 bits per heavy atom. The standard InChI is InChI=1S/C15H28O/c1-10(2)12-5-6-15(4)9-13(16)7-11(3)14(15)8-12/h10-14,16H,5-9H2,1-4H3/t11-,12+,13?,14-,15-/m0/s1. The van der Waals surface area contributed by atoms with Crippen molar-refractivity contribution in [2.75, 3.05) is 0 Å². The summed E-state index contributed by atoms with van der Waals surface area (Å²) in [5.41, 5.74) is 0.433. The number of fused-ring (bicyclic) bond motifs is 1. The Labute approximate surface area is 101 Å². The largest absolute Gasteiger partial charge is 0.393 e. The molecule has 2 saturated carbocycles. The number of aliphatic hydroxyl groups is 1. The molecular weight excluding hydrogens is 196 g/mol. The van der Waals surface area contributed by atoms with Crippen LogP contribution in [0, 0.1) is 29.1 Å². The summed E-state index contributed by atoms with van der Waals surface area (Å²) in [6, 6.07) is 0. The highest BCUT2D eigenvalue weighted by Crippen LogP contribution is 2.54. The zero-order valence-corrected chi connectivity index (χ0v) is 11.4. The van der Waals surface area contributed by atoms with Gasteiger partial charge in [0.2, 0.25) is 0 Å². The van der Waals surface area contributed by atoms with E-state index < -0.39 is 0 Å². The van der Waals surface area contributed by atoms with Gasteiger partial charge in [0.15, 0.2) is 0 Å². The van der Waals surface area contributed by atoms with Gasteiger partial charge >= 0.3 is 0 Å². The van der Waals surface area contributed by atoms with Crippen molar-refractivity contribution in [3.8, 4) is 0 Å². The van der Waals surface area contributed by atoms with Crippen LogP contribution in [0.5, 0.6) is 0 Å². The summed E-state index contributed by atoms with van der Waals surface area (Å²) in [5.74, 6) is 3.34. The van der Waals surface area contributed by atoms with E-state index in [9.17, 15) is 5.11 Å². The molecule has 0 heterocycles. The van der Waals surface area contributed by atoms with Crippen LogP contribution in [-0.2, 0) is 0 Å². The third kappa shape index (κ3) is 2.16. The van der Waals surface area contributed by atoms with E-state index in [2.05, 4.69) is 27.7 Å². The van der Waals surface area contributed by atoms with Gasteiger partial charge in [-0.15, -0.1) is 0 Å². The second-order valence-corrected chi connectivity index (χ2v) is 7.11. The summed E-state index contributed by atoms with van der Waals surface area (Å²) in [6.07, 6.45) is 6.17. The van der Waals surface area contributed by atoms with E-state index in [1.54, 1.807) is 0 Å². The predicted octanol–water partition coefficient (Wildman–Crippen LogP) is 3.86. The van der Waals surface area contributed by atoms with Gasteiger partial charge in [-0.05, 0) is 61.2 Å². The van der Waals surface area contributed by atoms with Crippen molar-refractivity contribution < 1.29 is 5.11 Å². The van der Waals surface area contributed by atoms with Crippen LogP contribution in [0.15, 0.2) is 0 Å².